The molecule has 6 heteroatoms. The molecule has 1 atom stereocenters. The molecule has 6 nitrogen and oxygen atoms in total. The smallest absolute Gasteiger partial charge is 0.306 e. The van der Waals surface area contributed by atoms with Gasteiger partial charge in [-0.2, -0.15) is 0 Å². The molecule has 0 aliphatic heterocycles. The van der Waals surface area contributed by atoms with Gasteiger partial charge in [0.2, 0.25) is 0 Å². The number of allylic oxidation sites excluding steroid dienone is 12. The van der Waals surface area contributed by atoms with E-state index in [9.17, 15) is 14.4 Å². The Hall–Kier alpha value is -3.15. The van der Waals surface area contributed by atoms with Crippen LogP contribution in [-0.4, -0.2) is 37.2 Å². The Labute approximate surface area is 510 Å². The lowest BCUT2D eigenvalue weighted by atomic mass is 10.0. The summed E-state index contributed by atoms with van der Waals surface area (Å²) < 4.78 is 17.0. The highest BCUT2D eigenvalue weighted by atomic mass is 16.6. The fourth-order valence-electron chi connectivity index (χ4n) is 10.6. The number of rotatable bonds is 66. The van der Waals surface area contributed by atoms with Crippen LogP contribution in [0.4, 0.5) is 0 Å². The van der Waals surface area contributed by atoms with Crippen LogP contribution in [0.3, 0.4) is 0 Å². The fourth-order valence-corrected chi connectivity index (χ4v) is 10.6. The van der Waals surface area contributed by atoms with Crippen molar-refractivity contribution in [3.8, 4) is 0 Å². The number of unbranched alkanes of at least 4 members (excludes halogenated alkanes) is 43. The summed E-state index contributed by atoms with van der Waals surface area (Å²) in [7, 11) is 0. The van der Waals surface area contributed by atoms with Crippen molar-refractivity contribution in [1.82, 2.24) is 0 Å². The Bertz CT molecular complexity index is 1500. The van der Waals surface area contributed by atoms with Gasteiger partial charge in [0, 0.05) is 19.3 Å². The van der Waals surface area contributed by atoms with Crippen molar-refractivity contribution in [3.05, 3.63) is 72.9 Å². The molecule has 0 spiro atoms. The lowest BCUT2D eigenvalue weighted by Gasteiger charge is -2.18. The number of esters is 3. The summed E-state index contributed by atoms with van der Waals surface area (Å²) in [6.07, 6.45) is 92.3. The first-order valence-corrected chi connectivity index (χ1v) is 35.9. The molecule has 1 unspecified atom stereocenters. The Morgan fingerprint density at radius 3 is 0.744 bits per heavy atom. The van der Waals surface area contributed by atoms with Crippen molar-refractivity contribution in [1.29, 1.82) is 0 Å². The van der Waals surface area contributed by atoms with E-state index in [4.69, 9.17) is 14.2 Å². The average molecular weight is 1150 g/mol. The monoisotopic (exact) mass is 1150 g/mol. The molecule has 0 heterocycles. The van der Waals surface area contributed by atoms with Crippen LogP contribution in [0.25, 0.3) is 0 Å². The van der Waals surface area contributed by atoms with Crippen LogP contribution in [0.1, 0.15) is 374 Å². The Morgan fingerprint density at radius 2 is 0.476 bits per heavy atom. The van der Waals surface area contributed by atoms with Crippen molar-refractivity contribution in [2.45, 2.75) is 380 Å². The highest BCUT2D eigenvalue weighted by Crippen LogP contribution is 2.18. The molecule has 0 aromatic carbocycles. The minimum Gasteiger partial charge on any atom is -0.462 e. The van der Waals surface area contributed by atoms with Gasteiger partial charge in [0.1, 0.15) is 13.2 Å². The van der Waals surface area contributed by atoms with Gasteiger partial charge in [-0.25, -0.2) is 0 Å². The van der Waals surface area contributed by atoms with Crippen molar-refractivity contribution < 1.29 is 28.6 Å². The summed E-state index contributed by atoms with van der Waals surface area (Å²) in [6.45, 7) is 6.56. The van der Waals surface area contributed by atoms with Gasteiger partial charge in [0.25, 0.3) is 0 Å². The molecule has 0 aliphatic carbocycles. The lowest BCUT2D eigenvalue weighted by molar-refractivity contribution is -0.167. The Kier molecular flexibility index (Phi) is 67.6. The van der Waals surface area contributed by atoms with E-state index in [1.165, 1.54) is 244 Å². The zero-order valence-electron chi connectivity index (χ0n) is 54.8. The van der Waals surface area contributed by atoms with Gasteiger partial charge in [-0.1, -0.05) is 338 Å². The summed E-state index contributed by atoms with van der Waals surface area (Å²) in [6, 6.07) is 0. The van der Waals surface area contributed by atoms with E-state index in [0.29, 0.717) is 19.3 Å². The third kappa shape index (κ3) is 67.6. The molecule has 0 aromatic rings. The summed E-state index contributed by atoms with van der Waals surface area (Å²) in [5, 5.41) is 0. The van der Waals surface area contributed by atoms with Crippen molar-refractivity contribution in [3.63, 3.8) is 0 Å². The lowest BCUT2D eigenvalue weighted by Crippen LogP contribution is -2.30. The summed E-state index contributed by atoms with van der Waals surface area (Å²) in [5.41, 5.74) is 0. The van der Waals surface area contributed by atoms with Crippen molar-refractivity contribution in [2.24, 2.45) is 0 Å². The topological polar surface area (TPSA) is 78.9 Å². The first kappa shape index (κ1) is 78.8. The quantitative estimate of drug-likeness (QED) is 0.0261. The molecule has 0 saturated heterocycles. The first-order chi connectivity index (χ1) is 40.5. The standard InChI is InChI=1S/C76H136O6/c1-4-7-10-13-16-19-22-24-26-28-30-32-34-36-37-38-39-41-42-44-46-48-50-52-54-57-60-63-66-69-75(78)81-72-73(71-80-74(77)68-65-62-59-56-21-18-15-12-9-6-3)82-76(79)70-67-64-61-58-55-53-51-49-47-45-43-40-35-33-31-29-27-25-23-20-17-14-11-8-5-2/h8,11,17,20,22,24-25,27-28,30-31,33,73H,4-7,9-10,12-16,18-19,21,23,26,29,32,34-72H2,1-3H3/b11-8-,20-17-,24-22-,27-25-,30-28-,33-31-. The number of ether oxygens (including phenoxy) is 3. The van der Waals surface area contributed by atoms with Crippen LogP contribution >= 0.6 is 0 Å². The molecule has 0 bridgehead atoms. The molecule has 0 N–H and O–H groups in total. The number of hydrogen-bond acceptors (Lipinski definition) is 6. The Balaban J connectivity index is 4.15. The van der Waals surface area contributed by atoms with E-state index in [1.807, 2.05) is 0 Å². The van der Waals surface area contributed by atoms with Gasteiger partial charge in [-0.15, -0.1) is 0 Å². The van der Waals surface area contributed by atoms with Crippen LogP contribution in [0.5, 0.6) is 0 Å². The van der Waals surface area contributed by atoms with Gasteiger partial charge in [0.15, 0.2) is 6.10 Å². The minimum atomic E-state index is -0.774. The van der Waals surface area contributed by atoms with E-state index in [0.717, 1.165) is 89.9 Å². The van der Waals surface area contributed by atoms with E-state index in [1.54, 1.807) is 0 Å². The average Bonchev–Trinajstić information content (AvgIpc) is 3.47. The highest BCUT2D eigenvalue weighted by molar-refractivity contribution is 5.71. The second kappa shape index (κ2) is 70.3. The van der Waals surface area contributed by atoms with E-state index in [-0.39, 0.29) is 31.1 Å². The minimum absolute atomic E-state index is 0.0710. The number of carbonyl (C=O) groups is 3. The summed E-state index contributed by atoms with van der Waals surface area (Å²) in [5.74, 6) is -0.852. The fraction of sp³-hybridized carbons (Fsp3) is 0.803. The molecular weight excluding hydrogens is 1010 g/mol. The second-order valence-corrected chi connectivity index (χ2v) is 24.1. The largest absolute Gasteiger partial charge is 0.462 e. The molecule has 0 aliphatic rings. The molecular formula is C76H136O6. The van der Waals surface area contributed by atoms with Crippen LogP contribution in [0, 0.1) is 0 Å². The molecule has 0 aromatic heterocycles. The molecule has 476 valence electrons. The predicted octanol–water partition coefficient (Wildman–Crippen LogP) is 24.8. The van der Waals surface area contributed by atoms with E-state index < -0.39 is 6.10 Å². The number of carbonyl (C=O) groups excluding carboxylic acids is 3. The van der Waals surface area contributed by atoms with Gasteiger partial charge in [-0.05, 0) is 89.9 Å². The Morgan fingerprint density at radius 1 is 0.256 bits per heavy atom. The zero-order valence-corrected chi connectivity index (χ0v) is 54.8. The van der Waals surface area contributed by atoms with Crippen molar-refractivity contribution in [2.75, 3.05) is 13.2 Å². The maximum absolute atomic E-state index is 12.9. The van der Waals surface area contributed by atoms with Crippen LogP contribution < -0.4 is 0 Å². The zero-order chi connectivity index (χ0) is 59.2. The number of hydrogen-bond donors (Lipinski definition) is 0. The van der Waals surface area contributed by atoms with E-state index >= 15 is 0 Å². The predicted molar refractivity (Wildman–Crippen MR) is 358 cm³/mol. The first-order valence-electron chi connectivity index (χ1n) is 35.9. The normalized spacial score (nSPS) is 12.5. The summed E-state index contributed by atoms with van der Waals surface area (Å²) >= 11 is 0. The molecule has 0 rings (SSSR count). The third-order valence-electron chi connectivity index (χ3n) is 15.9. The summed E-state index contributed by atoms with van der Waals surface area (Å²) in [4.78, 5) is 38.4. The third-order valence-corrected chi connectivity index (χ3v) is 15.9. The van der Waals surface area contributed by atoms with Crippen molar-refractivity contribution >= 4 is 17.9 Å². The van der Waals surface area contributed by atoms with Gasteiger partial charge in [-0.3, -0.25) is 14.4 Å². The molecule has 82 heavy (non-hydrogen) atoms. The van der Waals surface area contributed by atoms with Crippen LogP contribution in [-0.2, 0) is 28.6 Å². The van der Waals surface area contributed by atoms with Crippen LogP contribution in [0.2, 0.25) is 0 Å². The van der Waals surface area contributed by atoms with E-state index in [2.05, 4.69) is 93.7 Å². The molecule has 0 amide bonds. The maximum Gasteiger partial charge on any atom is 0.306 e. The van der Waals surface area contributed by atoms with Gasteiger partial charge < -0.3 is 14.2 Å². The van der Waals surface area contributed by atoms with Crippen LogP contribution in [0.15, 0.2) is 72.9 Å². The second-order valence-electron chi connectivity index (χ2n) is 24.1. The molecule has 0 saturated carbocycles. The SMILES string of the molecule is CC/C=C\C/C=C\C/C=C\C/C=C\CCCCCCCCCCCCCCC(=O)OC(COC(=O)CCCCCCCCCCCC)COC(=O)CCCCCCCCCCCCCCCCCCC/C=C\C/C=C\CCCCCCC. The molecule has 0 radical (unpaired) electrons. The van der Waals surface area contributed by atoms with Gasteiger partial charge in [0.05, 0.1) is 0 Å². The van der Waals surface area contributed by atoms with Gasteiger partial charge >= 0.3 is 17.9 Å². The maximum atomic E-state index is 12.9. The highest BCUT2D eigenvalue weighted by Gasteiger charge is 2.19. The molecule has 0 fully saturated rings.